The van der Waals surface area contributed by atoms with E-state index in [9.17, 15) is 4.79 Å². The molecule has 0 bridgehead atoms. The number of nitrogens with one attached hydrogen (secondary N) is 1. The fraction of sp³-hybridized carbons (Fsp3) is 0. The van der Waals surface area contributed by atoms with Crippen LogP contribution < -0.4 is 11.1 Å². The molecule has 1 amide bonds. The van der Waals surface area contributed by atoms with Crippen molar-refractivity contribution in [3.05, 3.63) is 52.8 Å². The van der Waals surface area contributed by atoms with Crippen molar-refractivity contribution in [1.82, 2.24) is 4.98 Å². The van der Waals surface area contributed by atoms with Crippen molar-refractivity contribution in [3.8, 4) is 6.07 Å². The minimum Gasteiger partial charge on any atom is -0.397 e. The Bertz CT molecular complexity index is 661. The lowest BCUT2D eigenvalue weighted by Crippen LogP contribution is -2.14. The minimum absolute atomic E-state index is 0.231. The Morgan fingerprint density at radius 2 is 2.16 bits per heavy atom. The first-order chi connectivity index (χ1) is 9.10. The predicted octanol–water partition coefficient (Wildman–Crippen LogP) is 2.44. The lowest BCUT2D eigenvalue weighted by Gasteiger charge is -2.07. The Labute approximate surface area is 114 Å². The van der Waals surface area contributed by atoms with Crippen LogP contribution >= 0.6 is 11.6 Å². The summed E-state index contributed by atoms with van der Waals surface area (Å²) in [5, 5.41) is 11.6. The van der Waals surface area contributed by atoms with Crippen LogP contribution in [0.2, 0.25) is 5.02 Å². The van der Waals surface area contributed by atoms with Gasteiger partial charge in [-0.25, -0.2) is 4.98 Å². The molecule has 1 aromatic carbocycles. The van der Waals surface area contributed by atoms with Gasteiger partial charge in [0.05, 0.1) is 34.2 Å². The zero-order valence-corrected chi connectivity index (χ0v) is 10.5. The van der Waals surface area contributed by atoms with Crippen LogP contribution in [0.15, 0.2) is 36.5 Å². The van der Waals surface area contributed by atoms with E-state index < -0.39 is 5.91 Å². The second-order valence-corrected chi connectivity index (χ2v) is 4.14. The smallest absolute Gasteiger partial charge is 0.274 e. The van der Waals surface area contributed by atoms with Crippen molar-refractivity contribution in [2.75, 3.05) is 11.1 Å². The molecule has 0 saturated carbocycles. The summed E-state index contributed by atoms with van der Waals surface area (Å²) in [4.78, 5) is 15.8. The van der Waals surface area contributed by atoms with E-state index >= 15 is 0 Å². The maximum atomic E-state index is 11.9. The number of pyridine rings is 1. The third-order valence-electron chi connectivity index (χ3n) is 2.37. The molecule has 0 saturated heterocycles. The standard InChI is InChI=1S/C13H9ClN4O/c14-10-5-8(6-15)1-3-11(10)18-13(19)12-4-2-9(16)7-17-12/h1-5,7H,16H2,(H,18,19). The normalized spacial score (nSPS) is 9.68. The Balaban J connectivity index is 2.20. The van der Waals surface area contributed by atoms with Crippen molar-refractivity contribution in [2.45, 2.75) is 0 Å². The number of carbonyl (C=O) groups is 1. The third kappa shape index (κ3) is 3.00. The maximum absolute atomic E-state index is 11.9. The molecular weight excluding hydrogens is 264 g/mol. The molecular formula is C13H9ClN4O. The van der Waals surface area contributed by atoms with Gasteiger partial charge in [-0.1, -0.05) is 11.6 Å². The van der Waals surface area contributed by atoms with Gasteiger partial charge < -0.3 is 11.1 Å². The lowest BCUT2D eigenvalue weighted by molar-refractivity contribution is 0.102. The number of hydrogen-bond donors (Lipinski definition) is 2. The van der Waals surface area contributed by atoms with Crippen LogP contribution in [-0.4, -0.2) is 10.9 Å². The highest BCUT2D eigenvalue weighted by Gasteiger charge is 2.10. The van der Waals surface area contributed by atoms with Gasteiger partial charge in [-0.3, -0.25) is 4.79 Å². The summed E-state index contributed by atoms with van der Waals surface area (Å²) >= 11 is 5.96. The second-order valence-electron chi connectivity index (χ2n) is 3.74. The summed E-state index contributed by atoms with van der Waals surface area (Å²) in [7, 11) is 0. The van der Waals surface area contributed by atoms with Crippen molar-refractivity contribution >= 4 is 28.9 Å². The Morgan fingerprint density at radius 1 is 1.37 bits per heavy atom. The van der Waals surface area contributed by atoms with Crippen LogP contribution in [0.4, 0.5) is 11.4 Å². The fourth-order valence-corrected chi connectivity index (χ4v) is 1.64. The fourth-order valence-electron chi connectivity index (χ4n) is 1.41. The van der Waals surface area contributed by atoms with Crippen molar-refractivity contribution < 1.29 is 4.79 Å². The molecule has 0 radical (unpaired) electrons. The summed E-state index contributed by atoms with van der Waals surface area (Å²) < 4.78 is 0. The van der Waals surface area contributed by atoms with E-state index in [0.29, 0.717) is 22.0 Å². The Hall–Kier alpha value is -2.58. The number of aromatic nitrogens is 1. The van der Waals surface area contributed by atoms with Crippen LogP contribution in [0.5, 0.6) is 0 Å². The first-order valence-electron chi connectivity index (χ1n) is 5.32. The number of benzene rings is 1. The number of nitriles is 1. The zero-order valence-electron chi connectivity index (χ0n) is 9.72. The highest BCUT2D eigenvalue weighted by Crippen LogP contribution is 2.23. The van der Waals surface area contributed by atoms with E-state index in [0.717, 1.165) is 0 Å². The number of carbonyl (C=O) groups excluding carboxylic acids is 1. The summed E-state index contributed by atoms with van der Waals surface area (Å²) in [5.74, 6) is -0.397. The first-order valence-corrected chi connectivity index (χ1v) is 5.70. The largest absolute Gasteiger partial charge is 0.397 e. The lowest BCUT2D eigenvalue weighted by atomic mass is 10.2. The molecule has 0 atom stereocenters. The molecule has 2 aromatic rings. The molecule has 0 aliphatic carbocycles. The minimum atomic E-state index is -0.397. The molecule has 0 aliphatic rings. The van der Waals surface area contributed by atoms with Gasteiger partial charge in [0.2, 0.25) is 0 Å². The number of amides is 1. The monoisotopic (exact) mass is 272 g/mol. The van der Waals surface area contributed by atoms with Gasteiger partial charge in [-0.2, -0.15) is 5.26 Å². The van der Waals surface area contributed by atoms with Gasteiger partial charge in [0.25, 0.3) is 5.91 Å². The SMILES string of the molecule is N#Cc1ccc(NC(=O)c2ccc(N)cn2)c(Cl)c1. The van der Waals surface area contributed by atoms with Crippen molar-refractivity contribution in [2.24, 2.45) is 0 Å². The highest BCUT2D eigenvalue weighted by atomic mass is 35.5. The van der Waals surface area contributed by atoms with Gasteiger partial charge in [0, 0.05) is 0 Å². The number of rotatable bonds is 2. The molecule has 1 aromatic heterocycles. The van der Waals surface area contributed by atoms with Gasteiger partial charge in [0.1, 0.15) is 5.69 Å². The van der Waals surface area contributed by atoms with Crippen LogP contribution in [0.1, 0.15) is 16.1 Å². The number of nitrogens with two attached hydrogens (primary N) is 1. The van der Waals surface area contributed by atoms with Crippen molar-refractivity contribution in [1.29, 1.82) is 5.26 Å². The number of nitrogens with zero attached hydrogens (tertiary/aromatic N) is 2. The molecule has 94 valence electrons. The van der Waals surface area contributed by atoms with E-state index in [2.05, 4.69) is 10.3 Å². The van der Waals surface area contributed by atoms with Crippen molar-refractivity contribution in [3.63, 3.8) is 0 Å². The third-order valence-corrected chi connectivity index (χ3v) is 2.68. The molecule has 0 aliphatic heterocycles. The van der Waals surface area contributed by atoms with Crippen LogP contribution in [0, 0.1) is 11.3 Å². The highest BCUT2D eigenvalue weighted by molar-refractivity contribution is 6.34. The topological polar surface area (TPSA) is 91.8 Å². The average molecular weight is 273 g/mol. The number of halogens is 1. The number of anilines is 2. The molecule has 1 heterocycles. The van der Waals surface area contributed by atoms with Crippen LogP contribution in [0.3, 0.4) is 0 Å². The number of nitrogen functional groups attached to an aromatic ring is 1. The van der Waals surface area contributed by atoms with E-state index in [1.165, 1.54) is 18.3 Å². The molecule has 0 fully saturated rings. The van der Waals surface area contributed by atoms with E-state index in [1.54, 1.807) is 18.2 Å². The van der Waals surface area contributed by atoms with Gasteiger partial charge in [0.15, 0.2) is 0 Å². The van der Waals surface area contributed by atoms with Gasteiger partial charge in [-0.15, -0.1) is 0 Å². The van der Waals surface area contributed by atoms with E-state index in [4.69, 9.17) is 22.6 Å². The van der Waals surface area contributed by atoms with E-state index in [-0.39, 0.29) is 5.69 Å². The average Bonchev–Trinajstić information content (AvgIpc) is 2.41. The van der Waals surface area contributed by atoms with Gasteiger partial charge >= 0.3 is 0 Å². The zero-order chi connectivity index (χ0) is 13.8. The molecule has 2 rings (SSSR count). The second kappa shape index (κ2) is 5.38. The quantitative estimate of drug-likeness (QED) is 0.878. The van der Waals surface area contributed by atoms with E-state index in [1.807, 2.05) is 6.07 Å². The molecule has 0 spiro atoms. The number of hydrogen-bond acceptors (Lipinski definition) is 4. The van der Waals surface area contributed by atoms with Crippen LogP contribution in [-0.2, 0) is 0 Å². The molecule has 19 heavy (non-hydrogen) atoms. The summed E-state index contributed by atoms with van der Waals surface area (Å²) in [6, 6.07) is 9.68. The first kappa shape index (κ1) is 12.9. The Kier molecular flexibility index (Phi) is 3.64. The molecule has 6 heteroatoms. The van der Waals surface area contributed by atoms with Gasteiger partial charge in [-0.05, 0) is 30.3 Å². The Morgan fingerprint density at radius 3 is 2.74 bits per heavy atom. The predicted molar refractivity (Wildman–Crippen MR) is 72.8 cm³/mol. The van der Waals surface area contributed by atoms with Crippen LogP contribution in [0.25, 0.3) is 0 Å². The maximum Gasteiger partial charge on any atom is 0.274 e. The summed E-state index contributed by atoms with van der Waals surface area (Å²) in [6.07, 6.45) is 1.40. The molecule has 5 nitrogen and oxygen atoms in total. The molecule has 3 N–H and O–H groups in total. The summed E-state index contributed by atoms with van der Waals surface area (Å²) in [5.41, 5.74) is 7.05. The molecule has 0 unspecified atom stereocenters. The summed E-state index contributed by atoms with van der Waals surface area (Å²) in [6.45, 7) is 0.